The van der Waals surface area contributed by atoms with Gasteiger partial charge in [0.1, 0.15) is 5.75 Å². The zero-order valence-corrected chi connectivity index (χ0v) is 13.2. The molecule has 0 radical (unpaired) electrons. The SMILES string of the molecule is CN(CC(=O)NC1CC1)C(=O)COc1ccc([N+](=O)[O-])cc1Cl. The molecular weight excluding hydrogens is 326 g/mol. The Kier molecular flexibility index (Phi) is 5.38. The maximum atomic E-state index is 11.9. The average Bonchev–Trinajstić information content (AvgIpc) is 3.29. The number of ether oxygens (including phenoxy) is 1. The number of nitro benzene ring substituents is 1. The molecule has 0 aliphatic heterocycles. The van der Waals surface area contributed by atoms with Crippen molar-refractivity contribution in [2.45, 2.75) is 18.9 Å². The van der Waals surface area contributed by atoms with Crippen molar-refractivity contribution in [1.29, 1.82) is 0 Å². The molecule has 2 rings (SSSR count). The zero-order valence-electron chi connectivity index (χ0n) is 12.5. The third-order valence-electron chi connectivity index (χ3n) is 3.23. The van der Waals surface area contributed by atoms with Gasteiger partial charge in [0.05, 0.1) is 16.5 Å². The van der Waals surface area contributed by atoms with Gasteiger partial charge in [0.15, 0.2) is 6.61 Å². The van der Waals surface area contributed by atoms with Gasteiger partial charge in [-0.2, -0.15) is 0 Å². The molecular formula is C14H16ClN3O5. The molecule has 0 heterocycles. The fourth-order valence-electron chi connectivity index (χ4n) is 1.77. The standard InChI is InChI=1S/C14H16ClN3O5/c1-17(7-13(19)16-9-2-3-9)14(20)8-23-12-5-4-10(18(21)22)6-11(12)15/h4-6,9H,2-3,7-8H2,1H3,(H,16,19). The van der Waals surface area contributed by atoms with Crippen LogP contribution < -0.4 is 10.1 Å². The third-order valence-corrected chi connectivity index (χ3v) is 3.52. The second-order valence-corrected chi connectivity index (χ2v) is 5.66. The number of non-ortho nitro benzene ring substituents is 1. The Morgan fingerprint density at radius 3 is 2.74 bits per heavy atom. The van der Waals surface area contributed by atoms with Gasteiger partial charge in [-0.3, -0.25) is 19.7 Å². The number of rotatable bonds is 7. The van der Waals surface area contributed by atoms with Crippen LogP contribution in [-0.4, -0.2) is 47.9 Å². The van der Waals surface area contributed by atoms with Crippen LogP contribution in [0.15, 0.2) is 18.2 Å². The normalized spacial score (nSPS) is 13.3. The molecule has 0 aromatic heterocycles. The second kappa shape index (κ2) is 7.28. The van der Waals surface area contributed by atoms with Crippen LogP contribution in [0.4, 0.5) is 5.69 Å². The Bertz CT molecular complexity index is 633. The lowest BCUT2D eigenvalue weighted by molar-refractivity contribution is -0.384. The number of hydrogen-bond acceptors (Lipinski definition) is 5. The minimum absolute atomic E-state index is 0.0427. The van der Waals surface area contributed by atoms with Gasteiger partial charge in [-0.1, -0.05) is 11.6 Å². The van der Waals surface area contributed by atoms with Crippen molar-refractivity contribution in [1.82, 2.24) is 10.2 Å². The smallest absolute Gasteiger partial charge is 0.271 e. The number of carbonyl (C=O) groups excluding carboxylic acids is 2. The van der Waals surface area contributed by atoms with E-state index >= 15 is 0 Å². The number of nitrogens with zero attached hydrogens (tertiary/aromatic N) is 2. The number of nitrogens with one attached hydrogen (secondary N) is 1. The number of benzene rings is 1. The van der Waals surface area contributed by atoms with Crippen LogP contribution in [0.2, 0.25) is 5.02 Å². The first-order valence-corrected chi connectivity index (χ1v) is 7.34. The van der Waals surface area contributed by atoms with E-state index in [1.54, 1.807) is 0 Å². The first-order chi connectivity index (χ1) is 10.9. The average molecular weight is 342 g/mol. The van der Waals surface area contributed by atoms with Gasteiger partial charge in [0, 0.05) is 25.2 Å². The number of nitro groups is 1. The summed E-state index contributed by atoms with van der Waals surface area (Å²) in [6, 6.07) is 3.95. The van der Waals surface area contributed by atoms with Crippen LogP contribution in [0.25, 0.3) is 0 Å². The molecule has 1 aromatic carbocycles. The minimum Gasteiger partial charge on any atom is -0.482 e. The predicted molar refractivity (Wildman–Crippen MR) is 82.4 cm³/mol. The van der Waals surface area contributed by atoms with Crippen LogP contribution in [0.5, 0.6) is 5.75 Å². The maximum absolute atomic E-state index is 11.9. The quantitative estimate of drug-likeness (QED) is 0.596. The summed E-state index contributed by atoms with van der Waals surface area (Å²) < 4.78 is 5.25. The van der Waals surface area contributed by atoms with Crippen molar-refractivity contribution in [2.75, 3.05) is 20.2 Å². The molecule has 1 fully saturated rings. The van der Waals surface area contributed by atoms with Crippen LogP contribution in [0.1, 0.15) is 12.8 Å². The van der Waals surface area contributed by atoms with E-state index in [0.29, 0.717) is 0 Å². The fraction of sp³-hybridized carbons (Fsp3) is 0.429. The van der Waals surface area contributed by atoms with E-state index in [9.17, 15) is 19.7 Å². The van der Waals surface area contributed by atoms with E-state index in [0.717, 1.165) is 18.9 Å². The van der Waals surface area contributed by atoms with Crippen LogP contribution >= 0.6 is 11.6 Å². The first-order valence-electron chi connectivity index (χ1n) is 6.97. The highest BCUT2D eigenvalue weighted by Gasteiger charge is 2.24. The minimum atomic E-state index is -0.576. The van der Waals surface area contributed by atoms with Crippen LogP contribution in [-0.2, 0) is 9.59 Å². The molecule has 9 heteroatoms. The Labute approximate surface area is 137 Å². The lowest BCUT2D eigenvalue weighted by Gasteiger charge is -2.17. The highest BCUT2D eigenvalue weighted by atomic mass is 35.5. The second-order valence-electron chi connectivity index (χ2n) is 5.25. The van der Waals surface area contributed by atoms with E-state index in [-0.39, 0.29) is 41.6 Å². The molecule has 124 valence electrons. The van der Waals surface area contributed by atoms with Crippen LogP contribution in [0, 0.1) is 10.1 Å². The van der Waals surface area contributed by atoms with E-state index in [1.807, 2.05) is 0 Å². The van der Waals surface area contributed by atoms with Gasteiger partial charge < -0.3 is 15.0 Å². The molecule has 1 N–H and O–H groups in total. The maximum Gasteiger partial charge on any atom is 0.271 e. The van der Waals surface area contributed by atoms with E-state index < -0.39 is 10.8 Å². The number of amides is 2. The van der Waals surface area contributed by atoms with Gasteiger partial charge in [0.2, 0.25) is 5.91 Å². The van der Waals surface area contributed by atoms with Gasteiger partial charge in [-0.15, -0.1) is 0 Å². The molecule has 1 aliphatic rings. The molecule has 0 spiro atoms. The third kappa shape index (κ3) is 5.10. The Morgan fingerprint density at radius 2 is 2.17 bits per heavy atom. The molecule has 0 atom stereocenters. The van der Waals surface area contributed by atoms with Crippen molar-refractivity contribution < 1.29 is 19.2 Å². The summed E-state index contributed by atoms with van der Waals surface area (Å²) >= 11 is 5.87. The number of likely N-dealkylation sites (N-methyl/N-ethyl adjacent to an activating group) is 1. The zero-order chi connectivity index (χ0) is 17.0. The monoisotopic (exact) mass is 341 g/mol. The van der Waals surface area contributed by atoms with Crippen LogP contribution in [0.3, 0.4) is 0 Å². The molecule has 0 bridgehead atoms. The molecule has 8 nitrogen and oxygen atoms in total. The Morgan fingerprint density at radius 1 is 1.48 bits per heavy atom. The largest absolute Gasteiger partial charge is 0.482 e. The van der Waals surface area contributed by atoms with Gasteiger partial charge in [0.25, 0.3) is 11.6 Å². The van der Waals surface area contributed by atoms with Crippen molar-refractivity contribution in [3.05, 3.63) is 33.3 Å². The topological polar surface area (TPSA) is 102 Å². The van der Waals surface area contributed by atoms with Gasteiger partial charge in [-0.05, 0) is 18.9 Å². The highest BCUT2D eigenvalue weighted by Crippen LogP contribution is 2.28. The molecule has 0 unspecified atom stereocenters. The summed E-state index contributed by atoms with van der Waals surface area (Å²) in [5.74, 6) is -0.441. The molecule has 1 aromatic rings. The number of hydrogen-bond donors (Lipinski definition) is 1. The van der Waals surface area contributed by atoms with E-state index in [2.05, 4.69) is 5.32 Å². The lowest BCUT2D eigenvalue weighted by Crippen LogP contribution is -2.40. The highest BCUT2D eigenvalue weighted by molar-refractivity contribution is 6.32. The van der Waals surface area contributed by atoms with Crippen molar-refractivity contribution in [3.8, 4) is 5.75 Å². The van der Waals surface area contributed by atoms with Crippen molar-refractivity contribution in [2.24, 2.45) is 0 Å². The summed E-state index contributed by atoms with van der Waals surface area (Å²) in [4.78, 5) is 34.8. The molecule has 2 amide bonds. The molecule has 1 aliphatic carbocycles. The molecule has 23 heavy (non-hydrogen) atoms. The summed E-state index contributed by atoms with van der Waals surface area (Å²) in [6.07, 6.45) is 1.95. The van der Waals surface area contributed by atoms with Gasteiger partial charge in [-0.25, -0.2) is 0 Å². The van der Waals surface area contributed by atoms with Gasteiger partial charge >= 0.3 is 0 Å². The molecule has 1 saturated carbocycles. The summed E-state index contributed by atoms with van der Waals surface area (Å²) in [5, 5.41) is 13.4. The van der Waals surface area contributed by atoms with E-state index in [1.165, 1.54) is 24.1 Å². The van der Waals surface area contributed by atoms with E-state index in [4.69, 9.17) is 16.3 Å². The summed E-state index contributed by atoms with van der Waals surface area (Å²) in [5.41, 5.74) is -0.164. The first kappa shape index (κ1) is 17.0. The van der Waals surface area contributed by atoms with Crippen molar-refractivity contribution in [3.63, 3.8) is 0 Å². The Balaban J connectivity index is 1.83. The molecule has 0 saturated heterocycles. The van der Waals surface area contributed by atoms with Crippen molar-refractivity contribution >= 4 is 29.1 Å². The fourth-order valence-corrected chi connectivity index (χ4v) is 2.00. The lowest BCUT2D eigenvalue weighted by atomic mass is 10.3. The number of halogens is 1. The Hall–Kier alpha value is -2.35. The predicted octanol–water partition coefficient (Wildman–Crippen LogP) is 1.36. The number of carbonyl (C=O) groups is 2. The summed E-state index contributed by atoms with van der Waals surface area (Å²) in [6.45, 7) is -0.364. The summed E-state index contributed by atoms with van der Waals surface area (Å²) in [7, 11) is 1.50.